The average molecular weight is 391 g/mol. The molecule has 2 aliphatic heterocycles. The molecule has 0 N–H and O–H groups in total. The Balaban J connectivity index is 1.67. The van der Waals surface area contributed by atoms with Crippen LogP contribution in [0.25, 0.3) is 0 Å². The fraction of sp³-hybridized carbons (Fsp3) is 0.667. The molecule has 4 aliphatic rings. The Morgan fingerprint density at radius 2 is 2.00 bits per heavy atom. The van der Waals surface area contributed by atoms with E-state index < -0.39 is 5.41 Å². The summed E-state index contributed by atoms with van der Waals surface area (Å²) in [6, 6.07) is 8.37. The van der Waals surface area contributed by atoms with Crippen LogP contribution in [0.4, 0.5) is 0 Å². The van der Waals surface area contributed by atoms with Crippen molar-refractivity contribution in [1.29, 1.82) is 0 Å². The first-order valence-corrected chi connectivity index (χ1v) is 11.9. The predicted molar refractivity (Wildman–Crippen MR) is 107 cm³/mol. The quantitative estimate of drug-likeness (QED) is 0.684. The van der Waals surface area contributed by atoms with E-state index in [1.54, 1.807) is 0 Å². The molecule has 0 aromatic heterocycles. The van der Waals surface area contributed by atoms with Crippen LogP contribution in [0.1, 0.15) is 44.1 Å². The lowest BCUT2D eigenvalue weighted by atomic mass is 9.54. The summed E-state index contributed by atoms with van der Waals surface area (Å²) >= 11 is 4.33. The predicted octanol–water partition coefficient (Wildman–Crippen LogP) is 4.71. The second-order valence-corrected chi connectivity index (χ2v) is 11.1. The first-order valence-electron chi connectivity index (χ1n) is 9.88. The number of thioether (sulfide) groups is 2. The highest BCUT2D eigenvalue weighted by Crippen LogP contribution is 2.71. The number of esters is 1. The Morgan fingerprint density at radius 3 is 2.81 bits per heavy atom. The molecule has 1 saturated heterocycles. The van der Waals surface area contributed by atoms with Crippen LogP contribution < -0.4 is 4.74 Å². The molecule has 4 unspecified atom stereocenters. The van der Waals surface area contributed by atoms with E-state index in [4.69, 9.17) is 9.47 Å². The molecule has 3 nitrogen and oxygen atoms in total. The van der Waals surface area contributed by atoms with Crippen molar-refractivity contribution in [3.05, 3.63) is 29.8 Å². The van der Waals surface area contributed by atoms with E-state index in [1.165, 1.54) is 29.9 Å². The van der Waals surface area contributed by atoms with Crippen LogP contribution in [0.5, 0.6) is 5.75 Å². The van der Waals surface area contributed by atoms with E-state index in [0.29, 0.717) is 25.0 Å². The van der Waals surface area contributed by atoms with Gasteiger partial charge in [-0.3, -0.25) is 4.79 Å². The molecule has 0 radical (unpaired) electrons. The zero-order valence-corrected chi connectivity index (χ0v) is 16.9. The molecule has 1 aromatic carbocycles. The highest BCUT2D eigenvalue weighted by atomic mass is 32.2. The molecule has 2 heterocycles. The van der Waals surface area contributed by atoms with Gasteiger partial charge in [0.25, 0.3) is 0 Å². The summed E-state index contributed by atoms with van der Waals surface area (Å²) in [5.41, 5.74) is 0.727. The van der Waals surface area contributed by atoms with Gasteiger partial charge in [0.2, 0.25) is 0 Å². The molecule has 26 heavy (non-hydrogen) atoms. The molecule has 5 heteroatoms. The minimum Gasteiger partial charge on any atom is -0.492 e. The minimum absolute atomic E-state index is 0.0146. The Kier molecular flexibility index (Phi) is 4.24. The Morgan fingerprint density at radius 1 is 1.23 bits per heavy atom. The van der Waals surface area contributed by atoms with Gasteiger partial charge in [-0.15, -0.1) is 23.5 Å². The second kappa shape index (κ2) is 6.37. The third-order valence-corrected chi connectivity index (χ3v) is 10.7. The normalized spacial score (nSPS) is 36.7. The van der Waals surface area contributed by atoms with Crippen molar-refractivity contribution in [2.45, 2.75) is 42.6 Å². The summed E-state index contributed by atoms with van der Waals surface area (Å²) in [6.45, 7) is 2.85. The summed E-state index contributed by atoms with van der Waals surface area (Å²) in [5, 5.41) is 0. The number of benzene rings is 1. The van der Waals surface area contributed by atoms with Crippen LogP contribution >= 0.6 is 23.5 Å². The van der Waals surface area contributed by atoms with Gasteiger partial charge in [0, 0.05) is 17.4 Å². The molecule has 2 saturated carbocycles. The van der Waals surface area contributed by atoms with Crippen LogP contribution in [-0.4, -0.2) is 34.8 Å². The molecule has 0 bridgehead atoms. The molecule has 5 rings (SSSR count). The molecule has 4 atom stereocenters. The van der Waals surface area contributed by atoms with E-state index in [1.807, 2.05) is 13.0 Å². The minimum atomic E-state index is -0.500. The third kappa shape index (κ3) is 2.25. The van der Waals surface area contributed by atoms with Gasteiger partial charge in [0.15, 0.2) is 0 Å². The summed E-state index contributed by atoms with van der Waals surface area (Å²) in [7, 11) is 0. The third-order valence-electron chi connectivity index (χ3n) is 7.05. The van der Waals surface area contributed by atoms with E-state index in [9.17, 15) is 4.79 Å². The molecule has 3 fully saturated rings. The number of para-hydroxylation sites is 1. The number of hydrogen-bond acceptors (Lipinski definition) is 5. The molecular formula is C21H26O3S2. The monoisotopic (exact) mass is 390 g/mol. The number of ether oxygens (including phenoxy) is 2. The molecule has 1 spiro atoms. The van der Waals surface area contributed by atoms with Crippen molar-refractivity contribution in [2.24, 2.45) is 17.3 Å². The largest absolute Gasteiger partial charge is 0.492 e. The standard InChI is InChI=1S/C21H26O3S2/c1-2-23-19(22)20-13-24-18-9-4-3-6-14(18)17(20)12-21(25-10-11-26-21)16-8-5-7-15(16)20/h3-4,6,9,15-17H,2,5,7-8,10-13H2,1H3. The maximum absolute atomic E-state index is 13.4. The number of fused-ring (bicyclic) bond motifs is 6. The average Bonchev–Trinajstić information content (AvgIpc) is 3.33. The lowest BCUT2D eigenvalue weighted by molar-refractivity contribution is -0.170. The number of rotatable bonds is 2. The summed E-state index contributed by atoms with van der Waals surface area (Å²) in [4.78, 5) is 13.4. The van der Waals surface area contributed by atoms with Crippen LogP contribution in [-0.2, 0) is 9.53 Å². The lowest BCUT2D eigenvalue weighted by Crippen LogP contribution is -2.59. The fourth-order valence-electron chi connectivity index (χ4n) is 6.09. The zero-order chi connectivity index (χ0) is 17.8. The van der Waals surface area contributed by atoms with Gasteiger partial charge in [-0.05, 0) is 49.7 Å². The van der Waals surface area contributed by atoms with Crippen LogP contribution in [0, 0.1) is 17.3 Å². The highest BCUT2D eigenvalue weighted by molar-refractivity contribution is 8.21. The van der Waals surface area contributed by atoms with Crippen molar-refractivity contribution in [1.82, 2.24) is 0 Å². The van der Waals surface area contributed by atoms with Gasteiger partial charge in [0.1, 0.15) is 17.8 Å². The first-order chi connectivity index (χ1) is 12.7. The van der Waals surface area contributed by atoms with Crippen molar-refractivity contribution in [3.8, 4) is 5.75 Å². The van der Waals surface area contributed by atoms with Gasteiger partial charge in [-0.1, -0.05) is 24.6 Å². The maximum Gasteiger partial charge on any atom is 0.316 e. The lowest BCUT2D eigenvalue weighted by Gasteiger charge is -2.57. The highest BCUT2D eigenvalue weighted by Gasteiger charge is 2.68. The van der Waals surface area contributed by atoms with E-state index in [2.05, 4.69) is 41.7 Å². The maximum atomic E-state index is 13.4. The number of carbonyl (C=O) groups is 1. The Labute approximate surface area is 164 Å². The first kappa shape index (κ1) is 17.3. The van der Waals surface area contributed by atoms with E-state index in [-0.39, 0.29) is 16.0 Å². The van der Waals surface area contributed by atoms with Gasteiger partial charge >= 0.3 is 5.97 Å². The SMILES string of the molecule is CCOC(=O)C12COc3ccccc3C1CC1(SCCS1)C1CCCC12. The van der Waals surface area contributed by atoms with Gasteiger partial charge in [-0.2, -0.15) is 0 Å². The van der Waals surface area contributed by atoms with Gasteiger partial charge in [-0.25, -0.2) is 0 Å². The molecule has 1 aromatic rings. The molecule has 0 amide bonds. The Hall–Kier alpha value is -0.810. The van der Waals surface area contributed by atoms with Crippen LogP contribution in [0.15, 0.2) is 24.3 Å². The summed E-state index contributed by atoms with van der Waals surface area (Å²) in [5.74, 6) is 4.64. The van der Waals surface area contributed by atoms with Gasteiger partial charge < -0.3 is 9.47 Å². The van der Waals surface area contributed by atoms with Crippen molar-refractivity contribution >= 4 is 29.5 Å². The topological polar surface area (TPSA) is 35.5 Å². The van der Waals surface area contributed by atoms with Gasteiger partial charge in [0.05, 0.1) is 10.7 Å². The zero-order valence-electron chi connectivity index (χ0n) is 15.2. The van der Waals surface area contributed by atoms with Crippen LogP contribution in [0.3, 0.4) is 0 Å². The summed E-state index contributed by atoms with van der Waals surface area (Å²) < 4.78 is 12.2. The fourth-order valence-corrected chi connectivity index (χ4v) is 9.84. The van der Waals surface area contributed by atoms with Crippen molar-refractivity contribution in [2.75, 3.05) is 24.7 Å². The van der Waals surface area contributed by atoms with E-state index >= 15 is 0 Å². The number of carbonyl (C=O) groups excluding carboxylic acids is 1. The summed E-state index contributed by atoms with van der Waals surface area (Å²) in [6.07, 6.45) is 4.69. The molecular weight excluding hydrogens is 364 g/mol. The second-order valence-electron chi connectivity index (χ2n) is 8.00. The van der Waals surface area contributed by atoms with Crippen LogP contribution in [0.2, 0.25) is 0 Å². The van der Waals surface area contributed by atoms with Crippen molar-refractivity contribution in [3.63, 3.8) is 0 Å². The molecule has 140 valence electrons. The van der Waals surface area contributed by atoms with E-state index in [0.717, 1.165) is 18.6 Å². The Bertz CT molecular complexity index is 715. The smallest absolute Gasteiger partial charge is 0.316 e. The molecule has 2 aliphatic carbocycles. The van der Waals surface area contributed by atoms with Crippen molar-refractivity contribution < 1.29 is 14.3 Å². The number of hydrogen-bond donors (Lipinski definition) is 0.